The van der Waals surface area contributed by atoms with Crippen molar-refractivity contribution >= 4 is 0 Å². The van der Waals surface area contributed by atoms with Crippen molar-refractivity contribution in [3.05, 3.63) is 24.3 Å². The highest BCUT2D eigenvalue weighted by Gasteiger charge is 2.66. The number of rotatable bonds is 7. The van der Waals surface area contributed by atoms with Gasteiger partial charge in [0.1, 0.15) is 0 Å². The molecule has 6 unspecified atom stereocenters. The fourth-order valence-electron chi connectivity index (χ4n) is 6.03. The van der Waals surface area contributed by atoms with Crippen LogP contribution in [0.4, 0.5) is 0 Å². The molecule has 130 valence electrons. The summed E-state index contributed by atoms with van der Waals surface area (Å²) in [6.07, 6.45) is 17.5. The summed E-state index contributed by atoms with van der Waals surface area (Å²) in [6, 6.07) is 0. The molecule has 0 aromatic carbocycles. The van der Waals surface area contributed by atoms with Gasteiger partial charge in [-0.15, -0.1) is 6.58 Å². The van der Waals surface area contributed by atoms with Gasteiger partial charge in [0.15, 0.2) is 0 Å². The van der Waals surface area contributed by atoms with E-state index in [1.807, 2.05) is 6.08 Å². The van der Waals surface area contributed by atoms with Gasteiger partial charge in [-0.2, -0.15) is 0 Å². The predicted molar refractivity (Wildman–Crippen MR) is 98.2 cm³/mol. The van der Waals surface area contributed by atoms with Crippen LogP contribution in [0.25, 0.3) is 0 Å². The normalized spacial score (nSPS) is 44.3. The van der Waals surface area contributed by atoms with Crippen LogP contribution in [0.5, 0.6) is 0 Å². The van der Waals surface area contributed by atoms with E-state index in [0.29, 0.717) is 11.8 Å². The Balaban J connectivity index is 1.57. The van der Waals surface area contributed by atoms with E-state index in [1.165, 1.54) is 44.9 Å². The third-order valence-corrected chi connectivity index (χ3v) is 7.43. The van der Waals surface area contributed by atoms with Gasteiger partial charge in [0, 0.05) is 5.41 Å². The van der Waals surface area contributed by atoms with Crippen LogP contribution in [0, 0.1) is 29.1 Å². The van der Waals surface area contributed by atoms with E-state index in [9.17, 15) is 5.11 Å². The molecular weight excluding hydrogens is 280 g/mol. The second kappa shape index (κ2) is 7.13. The number of fused-ring (bicyclic) bond motifs is 1. The summed E-state index contributed by atoms with van der Waals surface area (Å²) >= 11 is 0. The first kappa shape index (κ1) is 17.3. The first-order valence-electron chi connectivity index (χ1n) is 10.1. The maximum absolute atomic E-state index is 10.4. The highest BCUT2D eigenvalue weighted by molar-refractivity contribution is 5.30. The fourth-order valence-corrected chi connectivity index (χ4v) is 6.03. The number of allylic oxidation sites excluding steroid dienone is 3. The summed E-state index contributed by atoms with van der Waals surface area (Å²) < 4.78 is 0. The van der Waals surface area contributed by atoms with Crippen molar-refractivity contribution in [3.8, 4) is 0 Å². The maximum Gasteiger partial charge on any atom is 0.0605 e. The van der Waals surface area contributed by atoms with Gasteiger partial charge in [-0.05, 0) is 55.8 Å². The Morgan fingerprint density at radius 1 is 1.22 bits per heavy atom. The van der Waals surface area contributed by atoms with Gasteiger partial charge in [0.05, 0.1) is 6.10 Å². The second-order valence-corrected chi connectivity index (χ2v) is 8.63. The molecule has 0 aromatic heterocycles. The summed E-state index contributed by atoms with van der Waals surface area (Å²) in [7, 11) is 0. The lowest BCUT2D eigenvalue weighted by Gasteiger charge is -2.26. The van der Waals surface area contributed by atoms with E-state index in [-0.39, 0.29) is 11.5 Å². The van der Waals surface area contributed by atoms with Crippen LogP contribution in [0.2, 0.25) is 0 Å². The van der Waals surface area contributed by atoms with Crippen LogP contribution in [-0.4, -0.2) is 11.2 Å². The van der Waals surface area contributed by atoms with Crippen LogP contribution in [-0.2, 0) is 0 Å². The van der Waals surface area contributed by atoms with Gasteiger partial charge in [-0.1, -0.05) is 63.7 Å². The molecule has 0 heterocycles. The molecule has 0 radical (unpaired) electrons. The highest BCUT2D eigenvalue weighted by Crippen LogP contribution is 2.69. The van der Waals surface area contributed by atoms with Crippen molar-refractivity contribution in [1.82, 2.24) is 0 Å². The molecule has 0 aliphatic heterocycles. The lowest BCUT2D eigenvalue weighted by Crippen LogP contribution is -2.26. The summed E-state index contributed by atoms with van der Waals surface area (Å²) in [5, 5.41) is 10.4. The Kier molecular flexibility index (Phi) is 5.35. The number of aliphatic hydroxyl groups is 1. The summed E-state index contributed by atoms with van der Waals surface area (Å²) in [4.78, 5) is 0. The second-order valence-electron chi connectivity index (χ2n) is 8.63. The molecule has 3 aliphatic carbocycles. The van der Waals surface area contributed by atoms with Crippen LogP contribution < -0.4 is 0 Å². The van der Waals surface area contributed by atoms with Crippen molar-refractivity contribution < 1.29 is 5.11 Å². The molecule has 6 atom stereocenters. The summed E-state index contributed by atoms with van der Waals surface area (Å²) in [5.74, 6) is 3.27. The molecule has 1 nitrogen and oxygen atoms in total. The van der Waals surface area contributed by atoms with Crippen LogP contribution in [0.15, 0.2) is 24.3 Å². The van der Waals surface area contributed by atoms with Crippen LogP contribution in [0.3, 0.4) is 0 Å². The highest BCUT2D eigenvalue weighted by atomic mass is 16.3. The van der Waals surface area contributed by atoms with E-state index in [2.05, 4.69) is 26.5 Å². The zero-order valence-electron chi connectivity index (χ0n) is 15.3. The Morgan fingerprint density at radius 2 is 1.96 bits per heavy atom. The van der Waals surface area contributed by atoms with Gasteiger partial charge in [0.25, 0.3) is 0 Å². The third-order valence-electron chi connectivity index (χ3n) is 7.43. The first-order valence-corrected chi connectivity index (χ1v) is 10.1. The van der Waals surface area contributed by atoms with E-state index >= 15 is 0 Å². The largest absolute Gasteiger partial charge is 0.393 e. The molecule has 3 aliphatic rings. The van der Waals surface area contributed by atoms with Gasteiger partial charge in [0.2, 0.25) is 0 Å². The van der Waals surface area contributed by atoms with Crippen molar-refractivity contribution in [2.75, 3.05) is 0 Å². The minimum absolute atomic E-state index is 0.0987. The van der Waals surface area contributed by atoms with Gasteiger partial charge in [-0.25, -0.2) is 0 Å². The maximum atomic E-state index is 10.4. The van der Waals surface area contributed by atoms with Crippen molar-refractivity contribution in [2.24, 2.45) is 29.1 Å². The summed E-state index contributed by atoms with van der Waals surface area (Å²) in [5.41, 5.74) is 1.81. The minimum atomic E-state index is -0.0987. The number of hydrogen-bond acceptors (Lipinski definition) is 1. The Morgan fingerprint density at radius 3 is 2.65 bits per heavy atom. The molecule has 0 amide bonds. The zero-order chi connectivity index (χ0) is 16.4. The third kappa shape index (κ3) is 3.18. The zero-order valence-corrected chi connectivity index (χ0v) is 15.3. The van der Waals surface area contributed by atoms with Gasteiger partial charge >= 0.3 is 0 Å². The molecular formula is C22H36O. The standard InChI is InChI=1S/C22H36O/c1-4-8-16-10-6-11-17(16)12-7-13-18-14-15-20(23)22(3)19(9-5-2)21(18)22/h5,13,16-17,19-21,23H,2,4,6-12,14-15H2,1,3H3/b18-13-. The lowest BCUT2D eigenvalue weighted by atomic mass is 9.82. The number of aliphatic hydroxyl groups excluding tert-OH is 1. The predicted octanol–water partition coefficient (Wildman–Crippen LogP) is 5.89. The lowest BCUT2D eigenvalue weighted by molar-refractivity contribution is 0.0705. The molecule has 3 rings (SSSR count). The molecule has 3 fully saturated rings. The monoisotopic (exact) mass is 316 g/mol. The molecule has 23 heavy (non-hydrogen) atoms. The van der Waals surface area contributed by atoms with Crippen molar-refractivity contribution in [3.63, 3.8) is 0 Å². The van der Waals surface area contributed by atoms with Crippen molar-refractivity contribution in [1.29, 1.82) is 0 Å². The Bertz CT molecular complexity index is 451. The number of hydrogen-bond donors (Lipinski definition) is 1. The van der Waals surface area contributed by atoms with E-state index in [0.717, 1.165) is 31.1 Å². The molecule has 1 N–H and O–H groups in total. The van der Waals surface area contributed by atoms with E-state index in [4.69, 9.17) is 0 Å². The van der Waals surface area contributed by atoms with Crippen LogP contribution in [0.1, 0.15) is 78.1 Å². The van der Waals surface area contributed by atoms with Gasteiger partial charge in [-0.3, -0.25) is 0 Å². The topological polar surface area (TPSA) is 20.2 Å². The average molecular weight is 317 g/mol. The van der Waals surface area contributed by atoms with E-state index < -0.39 is 0 Å². The summed E-state index contributed by atoms with van der Waals surface area (Å²) in [6.45, 7) is 8.55. The Hall–Kier alpha value is -0.560. The van der Waals surface area contributed by atoms with Crippen LogP contribution >= 0.6 is 0 Å². The molecule has 1 heteroatoms. The molecule has 0 aromatic rings. The smallest absolute Gasteiger partial charge is 0.0605 e. The molecule has 0 bridgehead atoms. The minimum Gasteiger partial charge on any atom is -0.393 e. The van der Waals surface area contributed by atoms with Gasteiger partial charge < -0.3 is 5.11 Å². The van der Waals surface area contributed by atoms with Crippen molar-refractivity contribution in [2.45, 2.75) is 84.2 Å². The first-order chi connectivity index (χ1) is 11.1. The molecule has 0 saturated heterocycles. The quantitative estimate of drug-likeness (QED) is 0.580. The SMILES string of the molecule is C=CCC1C2/C(=C\CCC3CCCC3CCC)CCC(O)C12C. The Labute approximate surface area is 143 Å². The molecule has 0 spiro atoms. The molecule has 3 saturated carbocycles. The average Bonchev–Trinajstić information content (AvgIpc) is 2.91. The fraction of sp³-hybridized carbons (Fsp3) is 0.818. The van der Waals surface area contributed by atoms with E-state index in [1.54, 1.807) is 5.57 Å².